The molecule has 0 radical (unpaired) electrons. The molecular weight excluding hydrogens is 583 g/mol. The fourth-order valence-electron chi connectivity index (χ4n) is 5.25. The molecule has 1 N–H and O–H groups in total. The Bertz CT molecular complexity index is 1320. The number of hydrogen-bond donors (Lipinski definition) is 1. The highest BCUT2D eigenvalue weighted by Crippen LogP contribution is 2.31. The van der Waals surface area contributed by atoms with Crippen molar-refractivity contribution in [1.29, 1.82) is 0 Å². The zero-order chi connectivity index (χ0) is 25.6. The smallest absolute Gasteiger partial charge is 0.410 e. The summed E-state index contributed by atoms with van der Waals surface area (Å²) < 4.78 is 7.64. The number of rotatable bonds is 4. The van der Waals surface area contributed by atoms with E-state index in [2.05, 4.69) is 34.7 Å². The monoisotopic (exact) mass is 616 g/mol. The third-order valence-electron chi connectivity index (χ3n) is 7.04. The summed E-state index contributed by atoms with van der Waals surface area (Å²) in [5.41, 5.74) is 3.67. The summed E-state index contributed by atoms with van der Waals surface area (Å²) in [5.74, 6) is 0.661. The summed E-state index contributed by atoms with van der Waals surface area (Å²) in [7, 11) is 0. The number of carbonyl (C=O) groups excluding carboxylic acids is 3. The van der Waals surface area contributed by atoms with Crippen molar-refractivity contribution in [1.82, 2.24) is 14.8 Å². The number of amides is 3. The summed E-state index contributed by atoms with van der Waals surface area (Å²) in [6.45, 7) is 9.95. The van der Waals surface area contributed by atoms with Crippen LogP contribution in [0.3, 0.4) is 0 Å². The first kappa shape index (κ1) is 27.1. The Morgan fingerprint density at radius 3 is 2.24 bits per heavy atom. The number of ether oxygens (including phenoxy) is 1. The van der Waals surface area contributed by atoms with Crippen LogP contribution in [-0.2, 0) is 17.8 Å². The molecule has 0 bridgehead atoms. The molecule has 196 valence electrons. The van der Waals surface area contributed by atoms with E-state index in [1.54, 1.807) is 29.2 Å². The zero-order valence-corrected chi connectivity index (χ0v) is 23.9. The maximum absolute atomic E-state index is 12.9. The summed E-state index contributed by atoms with van der Waals surface area (Å²) in [5, 5.41) is 0. The Kier molecular flexibility index (Phi) is 7.64. The van der Waals surface area contributed by atoms with Crippen LogP contribution in [0.4, 0.5) is 4.79 Å². The lowest BCUT2D eigenvalue weighted by Crippen LogP contribution is -3.00. The first-order valence-electron chi connectivity index (χ1n) is 12.6. The Labute approximate surface area is 234 Å². The number of likely N-dealkylation sites (tertiary alicyclic amines) is 1. The van der Waals surface area contributed by atoms with Gasteiger partial charge < -0.3 is 33.6 Å². The standard InChI is InChI=1S/C28H32N4O4.HI/c1-5-31-23-11-10-19(18-12-14-30(15-13-18)27(35)36-28(2,3)4)16-22(23)29-24(31)17-32-25(33)20-8-6-7-9-21(20)26(32)34;/h6-11,16,18H,5,12-15,17H2,1-4H3;1H. The van der Waals surface area contributed by atoms with Crippen molar-refractivity contribution in [3.63, 3.8) is 0 Å². The molecule has 3 aromatic rings. The van der Waals surface area contributed by atoms with E-state index in [1.807, 2.05) is 20.8 Å². The SMILES string of the molecule is CC[n+]1c(CN2C(=O)c3ccccc3C2=O)[nH]c2cc(C3CCN(C(=O)OC(C)(C)C)CC3)ccc21.[I-]. The molecule has 2 aliphatic rings. The lowest BCUT2D eigenvalue weighted by molar-refractivity contribution is -0.676. The third kappa shape index (κ3) is 5.23. The number of piperidine rings is 1. The molecule has 9 heteroatoms. The van der Waals surface area contributed by atoms with Crippen molar-refractivity contribution in [3.05, 3.63) is 65.0 Å². The van der Waals surface area contributed by atoms with Gasteiger partial charge >= 0.3 is 6.09 Å². The molecule has 0 unspecified atom stereocenters. The van der Waals surface area contributed by atoms with Crippen LogP contribution in [0.15, 0.2) is 42.5 Å². The van der Waals surface area contributed by atoms with Gasteiger partial charge in [-0.1, -0.05) is 18.2 Å². The maximum Gasteiger partial charge on any atom is 0.410 e. The predicted molar refractivity (Wildman–Crippen MR) is 135 cm³/mol. The number of benzene rings is 2. The van der Waals surface area contributed by atoms with Crippen molar-refractivity contribution >= 4 is 28.9 Å². The second-order valence-electron chi connectivity index (χ2n) is 10.6. The van der Waals surface area contributed by atoms with Crippen LogP contribution in [0, 0.1) is 0 Å². The minimum atomic E-state index is -0.494. The number of imidazole rings is 1. The molecule has 37 heavy (non-hydrogen) atoms. The molecule has 2 aromatic carbocycles. The Morgan fingerprint density at radius 2 is 1.68 bits per heavy atom. The fraction of sp³-hybridized carbons (Fsp3) is 0.429. The van der Waals surface area contributed by atoms with Crippen LogP contribution in [0.1, 0.15) is 78.6 Å². The van der Waals surface area contributed by atoms with Crippen LogP contribution in [0.25, 0.3) is 11.0 Å². The molecular formula is C28H33IN4O4. The topological polar surface area (TPSA) is 86.6 Å². The van der Waals surface area contributed by atoms with Crippen LogP contribution >= 0.6 is 0 Å². The highest BCUT2D eigenvalue weighted by molar-refractivity contribution is 6.21. The van der Waals surface area contributed by atoms with E-state index >= 15 is 0 Å². The number of imide groups is 1. The van der Waals surface area contributed by atoms with Crippen LogP contribution in [0.2, 0.25) is 0 Å². The summed E-state index contributed by atoms with van der Waals surface area (Å²) >= 11 is 0. The molecule has 1 aromatic heterocycles. The Hall–Kier alpha value is -2.95. The normalized spacial score (nSPS) is 16.2. The molecule has 1 saturated heterocycles. The van der Waals surface area contributed by atoms with Crippen molar-refractivity contribution in [2.45, 2.75) is 65.1 Å². The van der Waals surface area contributed by atoms with Gasteiger partial charge in [-0.15, -0.1) is 0 Å². The number of halogens is 1. The van der Waals surface area contributed by atoms with Crippen molar-refractivity contribution in [2.24, 2.45) is 0 Å². The van der Waals surface area contributed by atoms with E-state index in [-0.39, 0.29) is 48.4 Å². The van der Waals surface area contributed by atoms with E-state index in [0.717, 1.165) is 29.7 Å². The Balaban J connectivity index is 0.00000320. The van der Waals surface area contributed by atoms with E-state index in [0.29, 0.717) is 36.7 Å². The van der Waals surface area contributed by atoms with Crippen molar-refractivity contribution < 1.29 is 47.7 Å². The maximum atomic E-state index is 12.9. The molecule has 0 spiro atoms. The Morgan fingerprint density at radius 1 is 1.05 bits per heavy atom. The summed E-state index contributed by atoms with van der Waals surface area (Å²) in [6.07, 6.45) is 1.50. The van der Waals surface area contributed by atoms with Crippen LogP contribution in [0.5, 0.6) is 0 Å². The van der Waals surface area contributed by atoms with Gasteiger partial charge in [0.1, 0.15) is 12.1 Å². The van der Waals surface area contributed by atoms with Gasteiger partial charge in [-0.3, -0.25) is 14.5 Å². The molecule has 3 amide bonds. The van der Waals surface area contributed by atoms with Crippen molar-refractivity contribution in [2.75, 3.05) is 13.1 Å². The number of H-pyrrole nitrogens is 1. The molecule has 3 heterocycles. The average Bonchev–Trinajstić information content (AvgIpc) is 3.32. The molecule has 0 atom stereocenters. The zero-order valence-electron chi connectivity index (χ0n) is 21.7. The van der Waals surface area contributed by atoms with Gasteiger partial charge in [0.2, 0.25) is 0 Å². The van der Waals surface area contributed by atoms with E-state index in [1.165, 1.54) is 10.5 Å². The molecule has 2 aliphatic heterocycles. The van der Waals surface area contributed by atoms with Gasteiger partial charge in [-0.2, -0.15) is 0 Å². The molecule has 0 saturated carbocycles. The van der Waals surface area contributed by atoms with Crippen LogP contribution in [-0.4, -0.2) is 51.4 Å². The average molecular weight is 617 g/mol. The number of carbonyl (C=O) groups is 3. The summed E-state index contributed by atoms with van der Waals surface area (Å²) in [4.78, 5) is 44.8. The number of hydrogen-bond acceptors (Lipinski definition) is 4. The van der Waals surface area contributed by atoms with Gasteiger partial charge in [-0.05, 0) is 76.3 Å². The van der Waals surface area contributed by atoms with Gasteiger partial charge in [0.15, 0.2) is 11.0 Å². The largest absolute Gasteiger partial charge is 1.00 e. The quantitative estimate of drug-likeness (QED) is 0.273. The van der Waals surface area contributed by atoms with E-state index < -0.39 is 5.60 Å². The van der Waals surface area contributed by atoms with Crippen molar-refractivity contribution in [3.8, 4) is 0 Å². The highest BCUT2D eigenvalue weighted by atomic mass is 127. The summed E-state index contributed by atoms with van der Waals surface area (Å²) in [6, 6.07) is 13.4. The number of aromatic amines is 1. The third-order valence-corrected chi connectivity index (χ3v) is 7.04. The first-order chi connectivity index (χ1) is 17.2. The van der Waals surface area contributed by atoms with E-state index in [9.17, 15) is 14.4 Å². The number of fused-ring (bicyclic) bond motifs is 2. The lowest BCUT2D eigenvalue weighted by Gasteiger charge is -2.33. The predicted octanol–water partition coefficient (Wildman–Crippen LogP) is 1.39. The molecule has 0 aliphatic carbocycles. The van der Waals surface area contributed by atoms with Gasteiger partial charge in [0, 0.05) is 13.1 Å². The molecule has 5 rings (SSSR count). The fourth-order valence-corrected chi connectivity index (χ4v) is 5.25. The van der Waals surface area contributed by atoms with Gasteiger partial charge in [-0.25, -0.2) is 14.3 Å². The number of nitrogens with zero attached hydrogens (tertiary/aromatic N) is 3. The van der Waals surface area contributed by atoms with Crippen LogP contribution < -0.4 is 28.5 Å². The molecule has 8 nitrogen and oxygen atoms in total. The lowest BCUT2D eigenvalue weighted by atomic mass is 9.89. The number of aryl methyl sites for hydroxylation is 1. The minimum Gasteiger partial charge on any atom is -1.00 e. The van der Waals surface area contributed by atoms with Gasteiger partial charge in [0.25, 0.3) is 17.6 Å². The number of aromatic nitrogens is 2. The van der Waals surface area contributed by atoms with E-state index in [4.69, 9.17) is 4.74 Å². The minimum absolute atomic E-state index is 0. The number of nitrogens with one attached hydrogen (secondary N) is 1. The first-order valence-corrected chi connectivity index (χ1v) is 12.6. The van der Waals surface area contributed by atoms with Gasteiger partial charge in [0.05, 0.1) is 17.7 Å². The highest BCUT2D eigenvalue weighted by Gasteiger charge is 2.37. The molecule has 1 fully saturated rings. The second-order valence-corrected chi connectivity index (χ2v) is 10.6. The second kappa shape index (κ2) is 10.4.